The van der Waals surface area contributed by atoms with Gasteiger partial charge in [-0.15, -0.1) is 0 Å². The molecule has 0 radical (unpaired) electrons. The van der Waals surface area contributed by atoms with Crippen LogP contribution in [0, 0.1) is 6.92 Å². The van der Waals surface area contributed by atoms with Gasteiger partial charge in [0.25, 0.3) is 0 Å². The Morgan fingerprint density at radius 3 is 2.62 bits per heavy atom. The molecule has 0 saturated carbocycles. The number of nitrogens with two attached hydrogens (primary N) is 1. The number of hydrogen-bond acceptors (Lipinski definition) is 5. The lowest BCUT2D eigenvalue weighted by Gasteiger charge is -2.39. The molecule has 5 heteroatoms. The molecule has 1 fully saturated rings. The predicted molar refractivity (Wildman–Crippen MR) is 50.8 cm³/mol. The van der Waals surface area contributed by atoms with Crippen LogP contribution < -0.4 is 5.73 Å². The van der Waals surface area contributed by atoms with Gasteiger partial charge in [0, 0.05) is 7.11 Å². The molecule has 0 unspecified atom stereocenters. The van der Waals surface area contributed by atoms with Gasteiger partial charge in [-0.2, -0.15) is 0 Å². The second-order valence-corrected chi connectivity index (χ2v) is 4.19. The van der Waals surface area contributed by atoms with Gasteiger partial charge in [0.15, 0.2) is 10.7 Å². The van der Waals surface area contributed by atoms with Crippen molar-refractivity contribution in [3.8, 4) is 0 Å². The number of nitrogens with zero attached hydrogens (tertiary/aromatic N) is 1. The Kier molecular flexibility index (Phi) is 2.02. The van der Waals surface area contributed by atoms with Gasteiger partial charge in [-0.25, -0.2) is 4.98 Å². The van der Waals surface area contributed by atoms with E-state index in [1.54, 1.807) is 7.11 Å². The normalized spacial score (nSPS) is 19.8. The minimum Gasteiger partial charge on any atom is -0.375 e. The number of thiazole rings is 1. The summed E-state index contributed by atoms with van der Waals surface area (Å²) in [6.45, 7) is 3.15. The highest BCUT2D eigenvalue weighted by atomic mass is 32.1. The summed E-state index contributed by atoms with van der Waals surface area (Å²) in [5.41, 5.74) is 6.29. The molecule has 0 aliphatic carbocycles. The predicted octanol–water partition coefficient (Wildman–Crippen LogP) is 0.906. The summed E-state index contributed by atoms with van der Waals surface area (Å²) in [5, 5.41) is 0.593. The smallest absolute Gasteiger partial charge is 0.180 e. The average Bonchev–Trinajstić information content (AvgIpc) is 2.30. The molecule has 0 spiro atoms. The minimum absolute atomic E-state index is 0.278. The van der Waals surface area contributed by atoms with Crippen LogP contribution in [0.1, 0.15) is 10.6 Å². The Hall–Kier alpha value is -0.650. The van der Waals surface area contributed by atoms with Gasteiger partial charge in [-0.3, -0.25) is 0 Å². The highest BCUT2D eigenvalue weighted by Gasteiger charge is 2.43. The van der Waals surface area contributed by atoms with Crippen molar-refractivity contribution in [1.82, 2.24) is 4.98 Å². The van der Waals surface area contributed by atoms with Crippen LogP contribution in [0.3, 0.4) is 0 Å². The molecule has 1 aromatic rings. The lowest BCUT2D eigenvalue weighted by atomic mass is 9.99. The van der Waals surface area contributed by atoms with Gasteiger partial charge in [-0.1, -0.05) is 11.3 Å². The lowest BCUT2D eigenvalue weighted by Crippen LogP contribution is -2.48. The van der Waals surface area contributed by atoms with E-state index in [2.05, 4.69) is 4.98 Å². The fourth-order valence-corrected chi connectivity index (χ4v) is 2.44. The van der Waals surface area contributed by atoms with Gasteiger partial charge >= 0.3 is 0 Å². The van der Waals surface area contributed by atoms with Crippen molar-refractivity contribution in [2.45, 2.75) is 12.5 Å². The third-order valence-electron chi connectivity index (χ3n) is 2.29. The molecular weight excluding hydrogens is 188 g/mol. The van der Waals surface area contributed by atoms with E-state index in [9.17, 15) is 0 Å². The van der Waals surface area contributed by atoms with E-state index in [4.69, 9.17) is 15.2 Å². The second-order valence-electron chi connectivity index (χ2n) is 3.16. The topological polar surface area (TPSA) is 57.4 Å². The Bertz CT molecular complexity index is 314. The fourth-order valence-electron chi connectivity index (χ4n) is 1.47. The molecule has 0 atom stereocenters. The van der Waals surface area contributed by atoms with Gasteiger partial charge in [0.2, 0.25) is 0 Å². The van der Waals surface area contributed by atoms with Crippen LogP contribution in [0.2, 0.25) is 0 Å². The number of nitrogen functional groups attached to an aromatic ring is 1. The van der Waals surface area contributed by atoms with Crippen molar-refractivity contribution in [1.29, 1.82) is 0 Å². The molecule has 0 amide bonds. The molecule has 1 aliphatic heterocycles. The summed E-state index contributed by atoms with van der Waals surface area (Å²) in [6, 6.07) is 0. The molecule has 72 valence electrons. The molecule has 2 rings (SSSR count). The Labute approximate surface area is 80.7 Å². The summed E-state index contributed by atoms with van der Waals surface area (Å²) in [7, 11) is 1.69. The number of rotatable bonds is 2. The molecule has 0 bridgehead atoms. The largest absolute Gasteiger partial charge is 0.375 e. The number of methoxy groups -OCH3 is 1. The third-order valence-corrected chi connectivity index (χ3v) is 3.46. The minimum atomic E-state index is -0.278. The molecule has 13 heavy (non-hydrogen) atoms. The molecule has 1 aromatic heterocycles. The van der Waals surface area contributed by atoms with Gasteiger partial charge in [-0.05, 0) is 6.92 Å². The first-order valence-electron chi connectivity index (χ1n) is 4.04. The Morgan fingerprint density at radius 1 is 1.62 bits per heavy atom. The number of aryl methyl sites for hydroxylation is 1. The van der Waals surface area contributed by atoms with Crippen LogP contribution >= 0.6 is 11.3 Å². The van der Waals surface area contributed by atoms with E-state index in [0.717, 1.165) is 10.6 Å². The van der Waals surface area contributed by atoms with E-state index < -0.39 is 0 Å². The zero-order valence-electron chi connectivity index (χ0n) is 7.66. The zero-order valence-corrected chi connectivity index (χ0v) is 8.48. The van der Waals surface area contributed by atoms with Crippen molar-refractivity contribution in [2.24, 2.45) is 0 Å². The van der Waals surface area contributed by atoms with E-state index in [1.165, 1.54) is 11.3 Å². The van der Waals surface area contributed by atoms with E-state index >= 15 is 0 Å². The maximum atomic E-state index is 5.62. The maximum Gasteiger partial charge on any atom is 0.180 e. The standard InChI is InChI=1S/C8H12N2O2S/c1-5-6(13-7(9)10-5)8(11-2)3-12-4-8/h3-4H2,1-2H3,(H2,9,10). The summed E-state index contributed by atoms with van der Waals surface area (Å²) >= 11 is 1.48. The first kappa shape index (κ1) is 8.93. The summed E-state index contributed by atoms with van der Waals surface area (Å²) in [5.74, 6) is 0. The molecule has 4 nitrogen and oxygen atoms in total. The quantitative estimate of drug-likeness (QED) is 0.770. The first-order valence-corrected chi connectivity index (χ1v) is 4.86. The van der Waals surface area contributed by atoms with Crippen LogP contribution in [0.4, 0.5) is 5.13 Å². The average molecular weight is 200 g/mol. The Morgan fingerprint density at radius 2 is 2.31 bits per heavy atom. The molecule has 2 heterocycles. The van der Waals surface area contributed by atoms with E-state index in [1.807, 2.05) is 6.92 Å². The zero-order chi connectivity index (χ0) is 9.47. The van der Waals surface area contributed by atoms with E-state index in [0.29, 0.717) is 18.3 Å². The van der Waals surface area contributed by atoms with Gasteiger partial charge in [0.1, 0.15) is 0 Å². The van der Waals surface area contributed by atoms with Crippen LogP contribution in [-0.4, -0.2) is 25.3 Å². The van der Waals surface area contributed by atoms with Crippen molar-refractivity contribution in [3.63, 3.8) is 0 Å². The third kappa shape index (κ3) is 1.23. The Balaban J connectivity index is 2.37. The monoisotopic (exact) mass is 200 g/mol. The number of aromatic nitrogens is 1. The first-order chi connectivity index (χ1) is 6.18. The molecule has 1 aliphatic rings. The van der Waals surface area contributed by atoms with E-state index in [-0.39, 0.29) is 5.60 Å². The van der Waals surface area contributed by atoms with Gasteiger partial charge in [0.05, 0.1) is 23.8 Å². The van der Waals surface area contributed by atoms with Gasteiger partial charge < -0.3 is 15.2 Å². The molecule has 2 N–H and O–H groups in total. The summed E-state index contributed by atoms with van der Waals surface area (Å²) < 4.78 is 10.6. The van der Waals surface area contributed by atoms with Crippen molar-refractivity contribution in [3.05, 3.63) is 10.6 Å². The maximum absolute atomic E-state index is 5.62. The lowest BCUT2D eigenvalue weighted by molar-refractivity contribution is -0.201. The number of ether oxygens (including phenoxy) is 2. The molecule has 1 saturated heterocycles. The van der Waals surface area contributed by atoms with Crippen LogP contribution in [0.25, 0.3) is 0 Å². The highest BCUT2D eigenvalue weighted by Crippen LogP contribution is 2.39. The second kappa shape index (κ2) is 2.94. The summed E-state index contributed by atoms with van der Waals surface area (Å²) in [6.07, 6.45) is 0. The molecular formula is C8H12N2O2S. The number of anilines is 1. The highest BCUT2D eigenvalue weighted by molar-refractivity contribution is 7.15. The molecule has 0 aromatic carbocycles. The van der Waals surface area contributed by atoms with Crippen molar-refractivity contribution in [2.75, 3.05) is 26.1 Å². The van der Waals surface area contributed by atoms with Crippen LogP contribution in [0.5, 0.6) is 0 Å². The number of hydrogen-bond donors (Lipinski definition) is 1. The van der Waals surface area contributed by atoms with Crippen molar-refractivity contribution < 1.29 is 9.47 Å². The SMILES string of the molecule is COC1(c2sc(N)nc2C)COC1. The van der Waals surface area contributed by atoms with Crippen molar-refractivity contribution >= 4 is 16.5 Å². The van der Waals surface area contributed by atoms with Crippen LogP contribution in [0.15, 0.2) is 0 Å². The summed E-state index contributed by atoms with van der Waals surface area (Å²) in [4.78, 5) is 5.26. The fraction of sp³-hybridized carbons (Fsp3) is 0.625. The van der Waals surface area contributed by atoms with Crippen LogP contribution in [-0.2, 0) is 15.1 Å².